The lowest BCUT2D eigenvalue weighted by atomic mass is 10.2. The number of hydrogen-bond acceptors (Lipinski definition) is 2. The maximum absolute atomic E-state index is 11.9. The van der Waals surface area contributed by atoms with Crippen LogP contribution in [0.5, 0.6) is 0 Å². The second-order valence-corrected chi connectivity index (χ2v) is 6.12. The van der Waals surface area contributed by atoms with Gasteiger partial charge in [-0.1, -0.05) is 36.4 Å². The molecule has 0 unspecified atom stereocenters. The number of rotatable bonds is 6. The molecule has 0 aromatic heterocycles. The SMILES string of the molecule is Cc1cccc(NC(=O)CSCc2cccc(CCl)c2)c1. The number of aryl methyl sites for hydroxylation is 1. The fraction of sp³-hybridized carbons (Fsp3) is 0.235. The molecule has 2 aromatic carbocycles. The normalized spacial score (nSPS) is 10.4. The third-order valence-electron chi connectivity index (χ3n) is 2.95. The highest BCUT2D eigenvalue weighted by molar-refractivity contribution is 7.99. The molecule has 1 amide bonds. The second kappa shape index (κ2) is 8.11. The molecule has 2 rings (SSSR count). The molecule has 0 fully saturated rings. The van der Waals surface area contributed by atoms with Gasteiger partial charge < -0.3 is 5.32 Å². The van der Waals surface area contributed by atoms with Gasteiger partial charge in [0.25, 0.3) is 0 Å². The topological polar surface area (TPSA) is 29.1 Å². The lowest BCUT2D eigenvalue weighted by molar-refractivity contribution is -0.113. The molecule has 110 valence electrons. The number of hydrogen-bond donors (Lipinski definition) is 1. The van der Waals surface area contributed by atoms with Crippen LogP contribution in [0.15, 0.2) is 48.5 Å². The van der Waals surface area contributed by atoms with Gasteiger partial charge in [0.05, 0.1) is 5.75 Å². The Bertz CT molecular complexity index is 615. The third-order valence-corrected chi connectivity index (χ3v) is 4.26. The summed E-state index contributed by atoms with van der Waals surface area (Å²) in [5.74, 6) is 1.80. The summed E-state index contributed by atoms with van der Waals surface area (Å²) in [7, 11) is 0. The van der Waals surface area contributed by atoms with Gasteiger partial charge in [-0.05, 0) is 35.7 Å². The minimum atomic E-state index is 0.0269. The van der Waals surface area contributed by atoms with Gasteiger partial charge in [-0.15, -0.1) is 23.4 Å². The summed E-state index contributed by atoms with van der Waals surface area (Å²) >= 11 is 7.42. The Morgan fingerprint density at radius 1 is 1.14 bits per heavy atom. The Hall–Kier alpha value is -1.45. The molecule has 0 spiro atoms. The summed E-state index contributed by atoms with van der Waals surface area (Å²) in [5.41, 5.74) is 4.29. The molecule has 0 heterocycles. The van der Waals surface area contributed by atoms with Crippen molar-refractivity contribution in [1.82, 2.24) is 0 Å². The van der Waals surface area contributed by atoms with Crippen molar-refractivity contribution in [2.45, 2.75) is 18.6 Å². The number of carbonyl (C=O) groups is 1. The number of amides is 1. The molecular weight excluding hydrogens is 302 g/mol. The van der Waals surface area contributed by atoms with Crippen LogP contribution >= 0.6 is 23.4 Å². The van der Waals surface area contributed by atoms with E-state index in [1.54, 1.807) is 11.8 Å². The number of anilines is 1. The van der Waals surface area contributed by atoms with Crippen molar-refractivity contribution in [2.75, 3.05) is 11.1 Å². The van der Waals surface area contributed by atoms with Crippen LogP contribution in [0.4, 0.5) is 5.69 Å². The maximum Gasteiger partial charge on any atom is 0.234 e. The molecule has 1 N–H and O–H groups in total. The molecule has 2 nitrogen and oxygen atoms in total. The predicted octanol–water partition coefficient (Wildman–Crippen LogP) is 4.61. The molecule has 4 heteroatoms. The summed E-state index contributed by atoms with van der Waals surface area (Å²) in [6.45, 7) is 2.01. The monoisotopic (exact) mass is 319 g/mol. The van der Waals surface area contributed by atoms with Crippen LogP contribution in [-0.4, -0.2) is 11.7 Å². The lowest BCUT2D eigenvalue weighted by Gasteiger charge is -2.06. The number of benzene rings is 2. The molecule has 0 radical (unpaired) electrons. The van der Waals surface area contributed by atoms with Crippen molar-refractivity contribution in [1.29, 1.82) is 0 Å². The molecule has 0 aliphatic rings. The summed E-state index contributed by atoms with van der Waals surface area (Å²) in [4.78, 5) is 11.9. The molecule has 0 bridgehead atoms. The lowest BCUT2D eigenvalue weighted by Crippen LogP contribution is -2.14. The predicted molar refractivity (Wildman–Crippen MR) is 92.0 cm³/mol. The van der Waals surface area contributed by atoms with Crippen molar-refractivity contribution in [3.8, 4) is 0 Å². The first-order chi connectivity index (χ1) is 10.2. The Labute approximate surface area is 134 Å². The first kappa shape index (κ1) is 15.9. The number of thioether (sulfide) groups is 1. The van der Waals surface area contributed by atoms with Gasteiger partial charge in [-0.2, -0.15) is 0 Å². The Morgan fingerprint density at radius 2 is 1.90 bits per heavy atom. The molecule has 2 aromatic rings. The zero-order chi connectivity index (χ0) is 15.1. The van der Waals surface area contributed by atoms with Crippen LogP contribution in [0, 0.1) is 6.92 Å². The standard InChI is InChI=1S/C17H18ClNOS/c1-13-4-2-7-16(8-13)19-17(20)12-21-11-15-6-3-5-14(9-15)10-18/h2-9H,10-12H2,1H3,(H,19,20). The number of nitrogens with one attached hydrogen (secondary N) is 1. The summed E-state index contributed by atoms with van der Waals surface area (Å²) < 4.78 is 0. The zero-order valence-electron chi connectivity index (χ0n) is 11.9. The van der Waals surface area contributed by atoms with Crippen molar-refractivity contribution in [3.05, 3.63) is 65.2 Å². The first-order valence-electron chi connectivity index (χ1n) is 6.75. The Balaban J connectivity index is 1.79. The number of alkyl halides is 1. The van der Waals surface area contributed by atoms with Gasteiger partial charge in [0.2, 0.25) is 5.91 Å². The quantitative estimate of drug-likeness (QED) is 0.788. The zero-order valence-corrected chi connectivity index (χ0v) is 13.5. The van der Waals surface area contributed by atoms with E-state index in [0.29, 0.717) is 11.6 Å². The van der Waals surface area contributed by atoms with Crippen LogP contribution in [0.1, 0.15) is 16.7 Å². The van der Waals surface area contributed by atoms with E-state index in [4.69, 9.17) is 11.6 Å². The van der Waals surface area contributed by atoms with E-state index >= 15 is 0 Å². The van der Waals surface area contributed by atoms with E-state index in [9.17, 15) is 4.79 Å². The van der Waals surface area contributed by atoms with Crippen LogP contribution in [0.3, 0.4) is 0 Å². The number of halogens is 1. The molecule has 0 aliphatic carbocycles. The summed E-state index contributed by atoms with van der Waals surface area (Å²) in [6.07, 6.45) is 0. The molecule has 0 saturated heterocycles. The van der Waals surface area contributed by atoms with Crippen molar-refractivity contribution in [2.24, 2.45) is 0 Å². The van der Waals surface area contributed by atoms with E-state index in [2.05, 4.69) is 17.4 Å². The van der Waals surface area contributed by atoms with Crippen LogP contribution < -0.4 is 5.32 Å². The van der Waals surface area contributed by atoms with Crippen molar-refractivity contribution in [3.63, 3.8) is 0 Å². The Morgan fingerprint density at radius 3 is 2.67 bits per heavy atom. The molecule has 0 aliphatic heterocycles. The summed E-state index contributed by atoms with van der Waals surface area (Å²) in [5, 5.41) is 2.91. The largest absolute Gasteiger partial charge is 0.325 e. The maximum atomic E-state index is 11.9. The van der Waals surface area contributed by atoms with Crippen molar-refractivity contribution >= 4 is 35.0 Å². The minimum Gasteiger partial charge on any atom is -0.325 e. The average molecular weight is 320 g/mol. The molecule has 0 atom stereocenters. The van der Waals surface area contributed by atoms with E-state index in [1.807, 2.05) is 43.3 Å². The third kappa shape index (κ3) is 5.44. The molecule has 21 heavy (non-hydrogen) atoms. The van der Waals surface area contributed by atoms with Gasteiger partial charge in [0.1, 0.15) is 0 Å². The minimum absolute atomic E-state index is 0.0269. The highest BCUT2D eigenvalue weighted by Gasteiger charge is 2.03. The van der Waals surface area contributed by atoms with Gasteiger partial charge >= 0.3 is 0 Å². The van der Waals surface area contributed by atoms with Gasteiger partial charge in [-0.3, -0.25) is 4.79 Å². The van der Waals surface area contributed by atoms with Gasteiger partial charge in [-0.25, -0.2) is 0 Å². The highest BCUT2D eigenvalue weighted by atomic mass is 35.5. The fourth-order valence-electron chi connectivity index (χ4n) is 1.98. The first-order valence-corrected chi connectivity index (χ1v) is 8.44. The second-order valence-electron chi connectivity index (χ2n) is 4.86. The van der Waals surface area contributed by atoms with E-state index < -0.39 is 0 Å². The average Bonchev–Trinajstić information content (AvgIpc) is 2.47. The van der Waals surface area contributed by atoms with E-state index in [0.717, 1.165) is 22.6 Å². The van der Waals surface area contributed by atoms with E-state index in [-0.39, 0.29) is 5.91 Å². The van der Waals surface area contributed by atoms with Gasteiger partial charge in [0, 0.05) is 17.3 Å². The van der Waals surface area contributed by atoms with Crippen LogP contribution in [0.25, 0.3) is 0 Å². The number of carbonyl (C=O) groups excluding carboxylic acids is 1. The highest BCUT2D eigenvalue weighted by Crippen LogP contribution is 2.16. The summed E-state index contributed by atoms with van der Waals surface area (Å²) in [6, 6.07) is 16.0. The fourth-order valence-corrected chi connectivity index (χ4v) is 2.93. The molecule has 0 saturated carbocycles. The van der Waals surface area contributed by atoms with E-state index in [1.165, 1.54) is 5.56 Å². The smallest absolute Gasteiger partial charge is 0.234 e. The Kier molecular flexibility index (Phi) is 6.15. The van der Waals surface area contributed by atoms with Crippen molar-refractivity contribution < 1.29 is 4.79 Å². The van der Waals surface area contributed by atoms with Crippen LogP contribution in [-0.2, 0) is 16.4 Å². The molecular formula is C17H18ClNOS. The van der Waals surface area contributed by atoms with Gasteiger partial charge in [0.15, 0.2) is 0 Å². The van der Waals surface area contributed by atoms with Crippen LogP contribution in [0.2, 0.25) is 0 Å².